The summed E-state index contributed by atoms with van der Waals surface area (Å²) in [5.74, 6) is -2.23. The summed E-state index contributed by atoms with van der Waals surface area (Å²) in [6.45, 7) is 0.628. The highest BCUT2D eigenvalue weighted by atomic mass is 19.1. The minimum absolute atomic E-state index is 0.0830. The summed E-state index contributed by atoms with van der Waals surface area (Å²) in [5.41, 5.74) is 0.798. The second kappa shape index (κ2) is 5.47. The summed E-state index contributed by atoms with van der Waals surface area (Å²) >= 11 is 0. The third-order valence-electron chi connectivity index (χ3n) is 4.68. The summed E-state index contributed by atoms with van der Waals surface area (Å²) in [7, 11) is 0. The number of hydrogen-bond acceptors (Lipinski definition) is 2. The summed E-state index contributed by atoms with van der Waals surface area (Å²) in [4.78, 5) is 25.4. The molecule has 21 heavy (non-hydrogen) atoms. The van der Waals surface area contributed by atoms with E-state index in [0.717, 1.165) is 18.4 Å². The van der Waals surface area contributed by atoms with Gasteiger partial charge in [-0.1, -0.05) is 12.1 Å². The first-order chi connectivity index (χ1) is 10.1. The third kappa shape index (κ3) is 2.52. The Hall–Kier alpha value is -1.91. The van der Waals surface area contributed by atoms with Crippen molar-refractivity contribution < 1.29 is 19.1 Å². The Kier molecular flexibility index (Phi) is 3.66. The van der Waals surface area contributed by atoms with E-state index in [1.54, 1.807) is 11.0 Å². The van der Waals surface area contributed by atoms with Crippen LogP contribution in [0.3, 0.4) is 0 Å². The number of carboxylic acids is 1. The molecule has 1 saturated carbocycles. The highest BCUT2D eigenvalue weighted by Gasteiger charge is 2.45. The number of hydrogen-bond donors (Lipinski definition) is 1. The van der Waals surface area contributed by atoms with E-state index in [0.29, 0.717) is 19.4 Å². The van der Waals surface area contributed by atoms with E-state index in [2.05, 4.69) is 0 Å². The van der Waals surface area contributed by atoms with Crippen LogP contribution in [0.25, 0.3) is 0 Å². The lowest BCUT2D eigenvalue weighted by molar-refractivity contribution is -0.157. The molecule has 0 spiro atoms. The fourth-order valence-electron chi connectivity index (χ4n) is 3.40. The minimum atomic E-state index is -0.888. The van der Waals surface area contributed by atoms with E-state index in [9.17, 15) is 14.0 Å². The number of carbonyl (C=O) groups excluding carboxylic acids is 1. The maximum atomic E-state index is 13.4. The fourth-order valence-corrected chi connectivity index (χ4v) is 3.40. The first kappa shape index (κ1) is 14.0. The number of rotatable bonds is 3. The molecule has 2 aliphatic rings. The number of carbonyl (C=O) groups is 2. The second-order valence-corrected chi connectivity index (χ2v) is 5.87. The number of carboxylic acid groups (broad SMARTS) is 1. The fraction of sp³-hybridized carbons (Fsp3) is 0.500. The molecule has 0 radical (unpaired) electrons. The Bertz CT molecular complexity index is 574. The van der Waals surface area contributed by atoms with Crippen LogP contribution in [-0.4, -0.2) is 28.4 Å². The summed E-state index contributed by atoms with van der Waals surface area (Å²) in [6, 6.07) is 6.20. The molecule has 1 aromatic carbocycles. The third-order valence-corrected chi connectivity index (χ3v) is 4.68. The molecule has 2 fully saturated rings. The highest BCUT2D eigenvalue weighted by Crippen LogP contribution is 2.40. The predicted octanol–water partition coefficient (Wildman–Crippen LogP) is 2.60. The van der Waals surface area contributed by atoms with Crippen LogP contribution in [0.5, 0.6) is 0 Å². The van der Waals surface area contributed by atoms with E-state index in [1.165, 1.54) is 12.1 Å². The maximum absolute atomic E-state index is 13.4. The van der Waals surface area contributed by atoms with Gasteiger partial charge in [0.1, 0.15) is 5.82 Å². The SMILES string of the molecule is O=C(O)C1CCC1C(=O)N1CCCC1c1cccc(F)c1. The van der Waals surface area contributed by atoms with Gasteiger partial charge in [-0.3, -0.25) is 9.59 Å². The molecule has 5 heteroatoms. The average Bonchev–Trinajstić information content (AvgIpc) is 2.85. The van der Waals surface area contributed by atoms with Gasteiger partial charge in [0.15, 0.2) is 0 Å². The van der Waals surface area contributed by atoms with E-state index in [-0.39, 0.29) is 17.8 Å². The summed E-state index contributed by atoms with van der Waals surface area (Å²) in [5, 5.41) is 9.09. The number of likely N-dealkylation sites (tertiary alicyclic amines) is 1. The monoisotopic (exact) mass is 291 g/mol. The first-order valence-corrected chi connectivity index (χ1v) is 7.36. The number of nitrogens with zero attached hydrogens (tertiary/aromatic N) is 1. The highest BCUT2D eigenvalue weighted by molar-refractivity contribution is 5.86. The van der Waals surface area contributed by atoms with Crippen molar-refractivity contribution in [2.75, 3.05) is 6.54 Å². The van der Waals surface area contributed by atoms with Crippen molar-refractivity contribution >= 4 is 11.9 Å². The molecule has 1 aliphatic heterocycles. The Morgan fingerprint density at radius 2 is 1.95 bits per heavy atom. The lowest BCUT2D eigenvalue weighted by Crippen LogP contribution is -2.45. The van der Waals surface area contributed by atoms with Crippen LogP contribution in [-0.2, 0) is 9.59 Å². The first-order valence-electron chi connectivity index (χ1n) is 7.36. The van der Waals surface area contributed by atoms with Crippen molar-refractivity contribution in [1.29, 1.82) is 0 Å². The molecule has 3 atom stereocenters. The van der Waals surface area contributed by atoms with E-state index < -0.39 is 17.8 Å². The molecular formula is C16H18FNO3. The quantitative estimate of drug-likeness (QED) is 0.931. The molecule has 1 saturated heterocycles. The van der Waals surface area contributed by atoms with Gasteiger partial charge < -0.3 is 10.0 Å². The van der Waals surface area contributed by atoms with Crippen molar-refractivity contribution in [3.8, 4) is 0 Å². The van der Waals surface area contributed by atoms with Crippen LogP contribution in [0.1, 0.15) is 37.3 Å². The molecule has 4 nitrogen and oxygen atoms in total. The van der Waals surface area contributed by atoms with E-state index in [1.807, 2.05) is 6.07 Å². The van der Waals surface area contributed by atoms with Gasteiger partial charge in [-0.05, 0) is 43.4 Å². The Morgan fingerprint density at radius 3 is 2.57 bits per heavy atom. The smallest absolute Gasteiger partial charge is 0.307 e. The van der Waals surface area contributed by atoms with Crippen LogP contribution < -0.4 is 0 Å². The number of amides is 1. The lowest BCUT2D eigenvalue weighted by atomic mass is 9.72. The normalized spacial score (nSPS) is 28.2. The zero-order chi connectivity index (χ0) is 15.0. The maximum Gasteiger partial charge on any atom is 0.307 e. The van der Waals surface area contributed by atoms with Crippen LogP contribution in [0.2, 0.25) is 0 Å². The van der Waals surface area contributed by atoms with Crippen LogP contribution in [0, 0.1) is 17.7 Å². The minimum Gasteiger partial charge on any atom is -0.481 e. The summed E-state index contributed by atoms with van der Waals surface area (Å²) < 4.78 is 13.4. The van der Waals surface area contributed by atoms with Crippen LogP contribution in [0.4, 0.5) is 4.39 Å². The predicted molar refractivity (Wildman–Crippen MR) is 73.9 cm³/mol. The average molecular weight is 291 g/mol. The van der Waals surface area contributed by atoms with Gasteiger partial charge in [-0.25, -0.2) is 4.39 Å². The van der Waals surface area contributed by atoms with Gasteiger partial charge in [-0.15, -0.1) is 0 Å². The number of aliphatic carboxylic acids is 1. The molecule has 3 unspecified atom stereocenters. The molecule has 0 bridgehead atoms. The largest absolute Gasteiger partial charge is 0.481 e. The van der Waals surface area contributed by atoms with Crippen molar-refractivity contribution in [2.45, 2.75) is 31.7 Å². The van der Waals surface area contributed by atoms with Crippen LogP contribution in [0.15, 0.2) is 24.3 Å². The summed E-state index contributed by atoms with van der Waals surface area (Å²) in [6.07, 6.45) is 2.89. The standard InChI is InChI=1S/C16H18FNO3/c17-11-4-1-3-10(9-11)14-5-2-8-18(14)15(19)12-6-7-13(12)16(20)21/h1,3-4,9,12-14H,2,5-8H2,(H,20,21). The zero-order valence-electron chi connectivity index (χ0n) is 11.7. The van der Waals surface area contributed by atoms with Crippen molar-refractivity contribution in [3.05, 3.63) is 35.6 Å². The molecule has 1 amide bonds. The van der Waals surface area contributed by atoms with Crippen LogP contribution >= 0.6 is 0 Å². The molecule has 1 aromatic rings. The molecule has 3 rings (SSSR count). The van der Waals surface area contributed by atoms with Crippen molar-refractivity contribution in [2.24, 2.45) is 11.8 Å². The molecular weight excluding hydrogens is 273 g/mol. The van der Waals surface area contributed by atoms with E-state index >= 15 is 0 Å². The molecule has 1 N–H and O–H groups in total. The zero-order valence-corrected chi connectivity index (χ0v) is 11.7. The molecule has 1 aliphatic carbocycles. The number of halogens is 1. The Labute approximate surface area is 122 Å². The van der Waals surface area contributed by atoms with Crippen molar-refractivity contribution in [1.82, 2.24) is 4.90 Å². The van der Waals surface area contributed by atoms with Gasteiger partial charge in [0.2, 0.25) is 5.91 Å². The molecule has 1 heterocycles. The van der Waals surface area contributed by atoms with Crippen molar-refractivity contribution in [3.63, 3.8) is 0 Å². The molecule has 112 valence electrons. The topological polar surface area (TPSA) is 57.6 Å². The Morgan fingerprint density at radius 1 is 1.19 bits per heavy atom. The Balaban J connectivity index is 1.78. The number of benzene rings is 1. The van der Waals surface area contributed by atoms with E-state index in [4.69, 9.17) is 5.11 Å². The van der Waals surface area contributed by atoms with Gasteiger partial charge in [0.05, 0.1) is 17.9 Å². The van der Waals surface area contributed by atoms with Gasteiger partial charge in [-0.2, -0.15) is 0 Å². The van der Waals surface area contributed by atoms with Gasteiger partial charge in [0, 0.05) is 6.54 Å². The molecule has 0 aromatic heterocycles. The second-order valence-electron chi connectivity index (χ2n) is 5.87. The lowest BCUT2D eigenvalue weighted by Gasteiger charge is -2.37. The van der Waals surface area contributed by atoms with Gasteiger partial charge >= 0.3 is 5.97 Å². The van der Waals surface area contributed by atoms with Gasteiger partial charge in [0.25, 0.3) is 0 Å².